The van der Waals surface area contributed by atoms with Gasteiger partial charge in [0.05, 0.1) is 25.2 Å². The number of carbonyl (C=O) groups excluding carboxylic acids is 1. The van der Waals surface area contributed by atoms with E-state index < -0.39 is 0 Å². The van der Waals surface area contributed by atoms with E-state index in [1.165, 1.54) is 0 Å². The number of halogens is 2. The molecule has 0 radical (unpaired) electrons. The molecule has 2 rings (SSSR count). The summed E-state index contributed by atoms with van der Waals surface area (Å²) in [7, 11) is 5.08. The van der Waals surface area contributed by atoms with Gasteiger partial charge < -0.3 is 25.3 Å². The Kier molecular flexibility index (Phi) is 7.82. The molecule has 0 saturated heterocycles. The van der Waals surface area contributed by atoms with Crippen molar-refractivity contribution in [2.75, 3.05) is 20.7 Å². The van der Waals surface area contributed by atoms with Crippen molar-refractivity contribution in [1.82, 2.24) is 20.5 Å². The molecule has 7 nitrogen and oxygen atoms in total. The van der Waals surface area contributed by atoms with E-state index in [0.717, 1.165) is 17.0 Å². The number of hydrogen-bond acceptors (Lipinski definition) is 3. The maximum Gasteiger partial charge on any atom is 0.239 e. The van der Waals surface area contributed by atoms with Crippen molar-refractivity contribution in [2.45, 2.75) is 13.1 Å². The van der Waals surface area contributed by atoms with E-state index in [9.17, 15) is 4.79 Å². The van der Waals surface area contributed by atoms with Crippen LogP contribution in [0.15, 0.2) is 35.3 Å². The highest BCUT2D eigenvalue weighted by Crippen LogP contribution is 2.24. The van der Waals surface area contributed by atoms with E-state index in [4.69, 9.17) is 27.9 Å². The molecule has 27 heavy (non-hydrogen) atoms. The van der Waals surface area contributed by atoms with Gasteiger partial charge in [0.2, 0.25) is 5.91 Å². The molecule has 2 aromatic rings. The van der Waals surface area contributed by atoms with Crippen LogP contribution in [0.2, 0.25) is 10.2 Å². The number of aromatic nitrogens is 1. The van der Waals surface area contributed by atoms with Crippen molar-refractivity contribution in [3.63, 3.8) is 0 Å². The Morgan fingerprint density at radius 3 is 2.41 bits per heavy atom. The standard InChI is InChI=1S/C18H23Cl2N5O2/c1-21-18(23-10-13-8-15(19)17(20)25(13)2)24-11-16(26)22-9-12-4-6-14(27-3)7-5-12/h4-8H,9-11H2,1-3H3,(H,22,26)(H2,21,23,24). The van der Waals surface area contributed by atoms with Gasteiger partial charge in [-0.3, -0.25) is 9.79 Å². The molecular weight excluding hydrogens is 389 g/mol. The molecule has 0 unspecified atom stereocenters. The molecule has 146 valence electrons. The van der Waals surface area contributed by atoms with Crippen molar-refractivity contribution >= 4 is 35.1 Å². The third-order valence-corrected chi connectivity index (χ3v) is 4.78. The van der Waals surface area contributed by atoms with Gasteiger partial charge in [0, 0.05) is 26.3 Å². The molecule has 0 spiro atoms. The van der Waals surface area contributed by atoms with Crippen molar-refractivity contribution in [3.05, 3.63) is 51.8 Å². The number of nitrogens with one attached hydrogen (secondary N) is 3. The summed E-state index contributed by atoms with van der Waals surface area (Å²) in [6, 6.07) is 9.30. The second-order valence-corrected chi connectivity index (χ2v) is 6.50. The molecule has 1 aromatic carbocycles. The van der Waals surface area contributed by atoms with Gasteiger partial charge in [0.15, 0.2) is 5.96 Å². The molecule has 0 atom stereocenters. The minimum atomic E-state index is -0.140. The summed E-state index contributed by atoms with van der Waals surface area (Å²) < 4.78 is 6.89. The molecule has 1 amide bonds. The summed E-state index contributed by atoms with van der Waals surface area (Å²) in [5.41, 5.74) is 1.89. The molecular formula is C18H23Cl2N5O2. The van der Waals surface area contributed by atoms with Gasteiger partial charge >= 0.3 is 0 Å². The lowest BCUT2D eigenvalue weighted by molar-refractivity contribution is -0.120. The molecule has 0 aliphatic rings. The zero-order valence-corrected chi connectivity index (χ0v) is 17.0. The Morgan fingerprint density at radius 1 is 1.15 bits per heavy atom. The van der Waals surface area contributed by atoms with Crippen LogP contribution in [0.5, 0.6) is 5.75 Å². The van der Waals surface area contributed by atoms with E-state index in [1.54, 1.807) is 24.8 Å². The molecule has 0 aliphatic carbocycles. The SMILES string of the molecule is CN=C(NCC(=O)NCc1ccc(OC)cc1)NCc1cc(Cl)c(Cl)n1C. The number of methoxy groups -OCH3 is 1. The number of nitrogens with zero attached hydrogens (tertiary/aromatic N) is 2. The molecule has 1 heterocycles. The molecule has 0 fully saturated rings. The topological polar surface area (TPSA) is 79.7 Å². The fourth-order valence-electron chi connectivity index (χ4n) is 2.32. The lowest BCUT2D eigenvalue weighted by atomic mass is 10.2. The summed E-state index contributed by atoms with van der Waals surface area (Å²) in [5, 5.41) is 9.91. The number of rotatable bonds is 7. The summed E-state index contributed by atoms with van der Waals surface area (Å²) in [6.45, 7) is 1.01. The van der Waals surface area contributed by atoms with Gasteiger partial charge in [-0.15, -0.1) is 0 Å². The monoisotopic (exact) mass is 411 g/mol. The predicted octanol–water partition coefficient (Wildman–Crippen LogP) is 2.32. The Bertz CT molecular complexity index is 803. The minimum absolute atomic E-state index is 0.102. The average Bonchev–Trinajstić information content (AvgIpc) is 2.93. The van der Waals surface area contributed by atoms with Crippen molar-refractivity contribution < 1.29 is 9.53 Å². The van der Waals surface area contributed by atoms with Crippen molar-refractivity contribution in [3.8, 4) is 5.75 Å². The van der Waals surface area contributed by atoms with Crippen molar-refractivity contribution in [2.24, 2.45) is 12.0 Å². The summed E-state index contributed by atoms with van der Waals surface area (Å²) >= 11 is 12.1. The van der Waals surface area contributed by atoms with E-state index in [-0.39, 0.29) is 12.5 Å². The van der Waals surface area contributed by atoms with Gasteiger partial charge in [0.1, 0.15) is 10.9 Å². The minimum Gasteiger partial charge on any atom is -0.497 e. The second kappa shape index (κ2) is 10.1. The first kappa shape index (κ1) is 20.9. The number of hydrogen-bond donors (Lipinski definition) is 3. The largest absolute Gasteiger partial charge is 0.497 e. The van der Waals surface area contributed by atoms with E-state index >= 15 is 0 Å². The smallest absolute Gasteiger partial charge is 0.239 e. The van der Waals surface area contributed by atoms with Crippen LogP contribution in [0.25, 0.3) is 0 Å². The quantitative estimate of drug-likeness (QED) is 0.482. The first-order valence-electron chi connectivity index (χ1n) is 8.28. The lowest BCUT2D eigenvalue weighted by Gasteiger charge is -2.12. The maximum atomic E-state index is 12.0. The highest BCUT2D eigenvalue weighted by atomic mass is 35.5. The van der Waals surface area contributed by atoms with Crippen molar-refractivity contribution in [1.29, 1.82) is 0 Å². The zero-order valence-electron chi connectivity index (χ0n) is 15.5. The molecule has 9 heteroatoms. The Morgan fingerprint density at radius 2 is 1.85 bits per heavy atom. The highest BCUT2D eigenvalue weighted by Gasteiger charge is 2.10. The first-order chi connectivity index (χ1) is 12.9. The summed E-state index contributed by atoms with van der Waals surface area (Å²) in [5.74, 6) is 1.14. The number of guanidine groups is 1. The van der Waals surface area contributed by atoms with Crippen LogP contribution < -0.4 is 20.7 Å². The van der Waals surface area contributed by atoms with Crippen LogP contribution in [0.3, 0.4) is 0 Å². The summed E-state index contributed by atoms with van der Waals surface area (Å²) in [4.78, 5) is 16.1. The van der Waals surface area contributed by atoms with Gasteiger partial charge in [0.25, 0.3) is 0 Å². The van der Waals surface area contributed by atoms with Gasteiger partial charge in [-0.05, 0) is 23.8 Å². The number of carbonyl (C=O) groups is 1. The van der Waals surface area contributed by atoms with Crippen LogP contribution in [0.1, 0.15) is 11.3 Å². The highest BCUT2D eigenvalue weighted by molar-refractivity contribution is 6.41. The van der Waals surface area contributed by atoms with E-state index in [0.29, 0.717) is 29.2 Å². The molecule has 3 N–H and O–H groups in total. The number of ether oxygens (including phenoxy) is 1. The second-order valence-electron chi connectivity index (χ2n) is 5.74. The third kappa shape index (κ3) is 6.08. The van der Waals surface area contributed by atoms with Crippen LogP contribution in [0, 0.1) is 0 Å². The third-order valence-electron chi connectivity index (χ3n) is 3.94. The van der Waals surface area contributed by atoms with Gasteiger partial charge in [-0.2, -0.15) is 0 Å². The van der Waals surface area contributed by atoms with Crippen LogP contribution in [-0.2, 0) is 24.9 Å². The number of benzene rings is 1. The normalized spacial score (nSPS) is 11.2. The zero-order chi connectivity index (χ0) is 19.8. The fourth-order valence-corrected chi connectivity index (χ4v) is 2.74. The lowest BCUT2D eigenvalue weighted by Crippen LogP contribution is -2.42. The number of aliphatic imine (C=N–C) groups is 1. The van der Waals surface area contributed by atoms with E-state index in [2.05, 4.69) is 20.9 Å². The van der Waals surface area contributed by atoms with Crippen LogP contribution in [-0.4, -0.2) is 37.1 Å². The molecule has 0 saturated carbocycles. The Labute approximate surface area is 168 Å². The van der Waals surface area contributed by atoms with Gasteiger partial charge in [-0.1, -0.05) is 35.3 Å². The van der Waals surface area contributed by atoms with E-state index in [1.807, 2.05) is 31.3 Å². The number of amides is 1. The molecule has 0 aliphatic heterocycles. The average molecular weight is 412 g/mol. The predicted molar refractivity (Wildman–Crippen MR) is 108 cm³/mol. The fraction of sp³-hybridized carbons (Fsp3) is 0.333. The summed E-state index contributed by atoms with van der Waals surface area (Å²) in [6.07, 6.45) is 0. The molecule has 0 bridgehead atoms. The Balaban J connectivity index is 1.75. The Hall–Kier alpha value is -2.38. The van der Waals surface area contributed by atoms with Crippen LogP contribution in [0.4, 0.5) is 0 Å². The first-order valence-corrected chi connectivity index (χ1v) is 9.04. The van der Waals surface area contributed by atoms with Gasteiger partial charge in [-0.25, -0.2) is 0 Å². The molecule has 1 aromatic heterocycles. The van der Waals surface area contributed by atoms with Crippen LogP contribution >= 0.6 is 23.2 Å². The maximum absolute atomic E-state index is 12.0.